The van der Waals surface area contributed by atoms with Gasteiger partial charge in [0.05, 0.1) is 13.2 Å². The standard InChI is InChI=1S/C13H29NO2/c1-13(2)7-4-5-8-14-9-6-10-16-12-11-15-3/h13-14H,4-12H2,1-3H3. The van der Waals surface area contributed by atoms with Crippen LogP contribution in [0.15, 0.2) is 0 Å². The molecule has 0 aromatic rings. The molecule has 0 aliphatic heterocycles. The van der Waals surface area contributed by atoms with E-state index in [-0.39, 0.29) is 0 Å². The molecule has 0 radical (unpaired) electrons. The molecule has 0 saturated carbocycles. The van der Waals surface area contributed by atoms with Gasteiger partial charge in [-0.15, -0.1) is 0 Å². The number of rotatable bonds is 12. The van der Waals surface area contributed by atoms with E-state index in [0.29, 0.717) is 13.2 Å². The third-order valence-corrected chi connectivity index (χ3v) is 2.46. The van der Waals surface area contributed by atoms with E-state index in [1.807, 2.05) is 0 Å². The lowest BCUT2D eigenvalue weighted by Crippen LogP contribution is -2.18. The molecule has 0 bridgehead atoms. The largest absolute Gasteiger partial charge is 0.382 e. The summed E-state index contributed by atoms with van der Waals surface area (Å²) in [6, 6.07) is 0. The first-order valence-electron chi connectivity index (χ1n) is 6.54. The second-order valence-corrected chi connectivity index (χ2v) is 4.60. The third-order valence-electron chi connectivity index (χ3n) is 2.46. The molecule has 3 nitrogen and oxygen atoms in total. The van der Waals surface area contributed by atoms with Gasteiger partial charge in [0.2, 0.25) is 0 Å². The highest BCUT2D eigenvalue weighted by Crippen LogP contribution is 2.04. The van der Waals surface area contributed by atoms with Crippen molar-refractivity contribution in [3.05, 3.63) is 0 Å². The minimum Gasteiger partial charge on any atom is -0.382 e. The number of nitrogens with one attached hydrogen (secondary N) is 1. The van der Waals surface area contributed by atoms with Gasteiger partial charge in [-0.05, 0) is 31.8 Å². The maximum atomic E-state index is 5.37. The number of unbranched alkanes of at least 4 members (excludes halogenated alkanes) is 1. The number of methoxy groups -OCH3 is 1. The van der Waals surface area contributed by atoms with Gasteiger partial charge in [0.15, 0.2) is 0 Å². The monoisotopic (exact) mass is 231 g/mol. The third kappa shape index (κ3) is 13.9. The molecule has 0 heterocycles. The molecule has 0 fully saturated rings. The summed E-state index contributed by atoms with van der Waals surface area (Å²) in [5.74, 6) is 0.842. The molecule has 0 atom stereocenters. The molecule has 1 N–H and O–H groups in total. The van der Waals surface area contributed by atoms with Crippen LogP contribution in [0.1, 0.15) is 39.5 Å². The molecule has 0 unspecified atom stereocenters. The summed E-state index contributed by atoms with van der Waals surface area (Å²) in [7, 11) is 1.70. The first-order chi connectivity index (χ1) is 7.77. The van der Waals surface area contributed by atoms with Crippen molar-refractivity contribution in [3.63, 3.8) is 0 Å². The fourth-order valence-corrected chi connectivity index (χ4v) is 1.47. The van der Waals surface area contributed by atoms with E-state index in [1.54, 1.807) is 7.11 Å². The van der Waals surface area contributed by atoms with Crippen LogP contribution in [0.5, 0.6) is 0 Å². The fraction of sp³-hybridized carbons (Fsp3) is 1.00. The number of hydrogen-bond acceptors (Lipinski definition) is 3. The zero-order valence-corrected chi connectivity index (χ0v) is 11.3. The summed E-state index contributed by atoms with van der Waals surface area (Å²) in [5, 5.41) is 3.44. The van der Waals surface area contributed by atoms with E-state index in [9.17, 15) is 0 Å². The highest BCUT2D eigenvalue weighted by Gasteiger charge is 1.94. The molecular weight excluding hydrogens is 202 g/mol. The molecule has 0 aromatic heterocycles. The van der Waals surface area contributed by atoms with Gasteiger partial charge in [-0.1, -0.05) is 26.7 Å². The Labute approximate surface area is 101 Å². The number of hydrogen-bond donors (Lipinski definition) is 1. The van der Waals surface area contributed by atoms with Crippen molar-refractivity contribution in [1.29, 1.82) is 0 Å². The summed E-state index contributed by atoms with van der Waals surface area (Å²) in [6.45, 7) is 9.02. The average molecular weight is 231 g/mol. The second kappa shape index (κ2) is 12.9. The molecule has 98 valence electrons. The van der Waals surface area contributed by atoms with Crippen LogP contribution < -0.4 is 5.32 Å². The zero-order valence-electron chi connectivity index (χ0n) is 11.3. The smallest absolute Gasteiger partial charge is 0.0700 e. The Hall–Kier alpha value is -0.120. The molecular formula is C13H29NO2. The normalized spacial score (nSPS) is 11.2. The summed E-state index contributed by atoms with van der Waals surface area (Å²) in [5.41, 5.74) is 0. The van der Waals surface area contributed by atoms with Crippen molar-refractivity contribution in [2.75, 3.05) is 40.0 Å². The molecule has 0 rings (SSSR count). The first kappa shape index (κ1) is 15.9. The Morgan fingerprint density at radius 3 is 2.38 bits per heavy atom. The van der Waals surface area contributed by atoms with Crippen molar-refractivity contribution in [1.82, 2.24) is 5.32 Å². The summed E-state index contributed by atoms with van der Waals surface area (Å²) in [4.78, 5) is 0. The van der Waals surface area contributed by atoms with Crippen molar-refractivity contribution < 1.29 is 9.47 Å². The average Bonchev–Trinajstić information content (AvgIpc) is 2.25. The van der Waals surface area contributed by atoms with E-state index >= 15 is 0 Å². The highest BCUT2D eigenvalue weighted by atomic mass is 16.5. The maximum absolute atomic E-state index is 5.37. The summed E-state index contributed by atoms with van der Waals surface area (Å²) in [6.07, 6.45) is 5.08. The van der Waals surface area contributed by atoms with E-state index in [1.165, 1.54) is 19.3 Å². The Bertz CT molecular complexity index is 129. The van der Waals surface area contributed by atoms with Gasteiger partial charge in [0, 0.05) is 13.7 Å². The topological polar surface area (TPSA) is 30.5 Å². The Morgan fingerprint density at radius 2 is 1.69 bits per heavy atom. The van der Waals surface area contributed by atoms with Crippen LogP contribution in [-0.2, 0) is 9.47 Å². The van der Waals surface area contributed by atoms with E-state index in [2.05, 4.69) is 19.2 Å². The molecule has 0 saturated heterocycles. The summed E-state index contributed by atoms with van der Waals surface area (Å²) < 4.78 is 10.3. The Balaban J connectivity index is 2.88. The quantitative estimate of drug-likeness (QED) is 0.523. The van der Waals surface area contributed by atoms with Crippen LogP contribution in [0.4, 0.5) is 0 Å². The van der Waals surface area contributed by atoms with Crippen molar-refractivity contribution in [3.8, 4) is 0 Å². The van der Waals surface area contributed by atoms with Crippen molar-refractivity contribution >= 4 is 0 Å². The van der Waals surface area contributed by atoms with Gasteiger partial charge in [0.1, 0.15) is 0 Å². The van der Waals surface area contributed by atoms with Gasteiger partial charge in [-0.25, -0.2) is 0 Å². The van der Waals surface area contributed by atoms with Crippen LogP contribution >= 0.6 is 0 Å². The Kier molecular flexibility index (Phi) is 12.9. The molecule has 0 aliphatic rings. The maximum Gasteiger partial charge on any atom is 0.0700 e. The lowest BCUT2D eigenvalue weighted by molar-refractivity contribution is 0.0695. The van der Waals surface area contributed by atoms with Crippen LogP contribution in [-0.4, -0.2) is 40.0 Å². The highest BCUT2D eigenvalue weighted by molar-refractivity contribution is 4.51. The summed E-state index contributed by atoms with van der Waals surface area (Å²) >= 11 is 0. The van der Waals surface area contributed by atoms with Crippen LogP contribution in [0.3, 0.4) is 0 Å². The molecule has 0 aliphatic carbocycles. The van der Waals surface area contributed by atoms with Gasteiger partial charge < -0.3 is 14.8 Å². The lowest BCUT2D eigenvalue weighted by atomic mass is 10.1. The predicted octanol–water partition coefficient (Wildman–Crippen LogP) is 2.46. The van der Waals surface area contributed by atoms with E-state index in [0.717, 1.165) is 32.0 Å². The van der Waals surface area contributed by atoms with Gasteiger partial charge >= 0.3 is 0 Å². The molecule has 0 amide bonds. The first-order valence-corrected chi connectivity index (χ1v) is 6.54. The van der Waals surface area contributed by atoms with Gasteiger partial charge in [-0.3, -0.25) is 0 Å². The van der Waals surface area contributed by atoms with Gasteiger partial charge in [-0.2, -0.15) is 0 Å². The minimum atomic E-state index is 0.697. The van der Waals surface area contributed by atoms with E-state index in [4.69, 9.17) is 9.47 Å². The van der Waals surface area contributed by atoms with Crippen molar-refractivity contribution in [2.45, 2.75) is 39.5 Å². The van der Waals surface area contributed by atoms with Crippen molar-refractivity contribution in [2.24, 2.45) is 5.92 Å². The molecule has 0 aromatic carbocycles. The predicted molar refractivity (Wildman–Crippen MR) is 68.9 cm³/mol. The SMILES string of the molecule is COCCOCCCNCCCCC(C)C. The second-order valence-electron chi connectivity index (χ2n) is 4.60. The van der Waals surface area contributed by atoms with E-state index < -0.39 is 0 Å². The van der Waals surface area contributed by atoms with Crippen LogP contribution in [0.25, 0.3) is 0 Å². The van der Waals surface area contributed by atoms with Crippen LogP contribution in [0, 0.1) is 5.92 Å². The molecule has 3 heteroatoms. The fourth-order valence-electron chi connectivity index (χ4n) is 1.47. The zero-order chi connectivity index (χ0) is 12.1. The van der Waals surface area contributed by atoms with Crippen LogP contribution in [0.2, 0.25) is 0 Å². The Morgan fingerprint density at radius 1 is 0.938 bits per heavy atom. The number of ether oxygens (including phenoxy) is 2. The van der Waals surface area contributed by atoms with Gasteiger partial charge in [0.25, 0.3) is 0 Å². The minimum absolute atomic E-state index is 0.697. The lowest BCUT2D eigenvalue weighted by Gasteiger charge is -2.06. The molecule has 16 heavy (non-hydrogen) atoms. The molecule has 0 spiro atoms.